The van der Waals surface area contributed by atoms with E-state index in [9.17, 15) is 33.3 Å². The number of hydrogen-bond donors (Lipinski definition) is 3. The van der Waals surface area contributed by atoms with Crippen molar-refractivity contribution >= 4 is 5.97 Å². The SMILES string of the molecule is CC(C)OC(=O)CCCC=CC[C@@H]1[C@@H]([C@H]2OC2[C@@H](O)COc2cccc(C(F)(F)F)c2)[C@H](O)C[C@@H]1O. The molecular formula is C26H35F3O7. The molecular weight excluding hydrogens is 481 g/mol. The summed E-state index contributed by atoms with van der Waals surface area (Å²) in [6.45, 7) is 3.33. The predicted octanol–water partition coefficient (Wildman–Crippen LogP) is 3.64. The topological polar surface area (TPSA) is 109 Å². The second-order valence-corrected chi connectivity index (χ2v) is 9.72. The summed E-state index contributed by atoms with van der Waals surface area (Å²) in [5, 5.41) is 31.4. The van der Waals surface area contributed by atoms with Gasteiger partial charge in [-0.2, -0.15) is 13.2 Å². The molecule has 1 aromatic rings. The van der Waals surface area contributed by atoms with Crippen molar-refractivity contribution in [1.29, 1.82) is 0 Å². The zero-order valence-corrected chi connectivity index (χ0v) is 20.4. The Morgan fingerprint density at radius 2 is 1.97 bits per heavy atom. The zero-order chi connectivity index (χ0) is 26.5. The number of esters is 1. The average molecular weight is 517 g/mol. The highest BCUT2D eigenvalue weighted by atomic mass is 19.4. The molecule has 3 rings (SSSR count). The van der Waals surface area contributed by atoms with Gasteiger partial charge in [-0.25, -0.2) is 0 Å². The van der Waals surface area contributed by atoms with Gasteiger partial charge in [-0.05, 0) is 63.6 Å². The molecule has 1 heterocycles. The van der Waals surface area contributed by atoms with Gasteiger partial charge in [0.2, 0.25) is 0 Å². The number of aliphatic hydroxyl groups is 3. The third-order valence-corrected chi connectivity index (χ3v) is 6.51. The molecule has 7 nitrogen and oxygen atoms in total. The van der Waals surface area contributed by atoms with E-state index in [2.05, 4.69) is 0 Å². The van der Waals surface area contributed by atoms with Crippen molar-refractivity contribution in [2.45, 2.75) is 88.8 Å². The summed E-state index contributed by atoms with van der Waals surface area (Å²) in [4.78, 5) is 11.6. The van der Waals surface area contributed by atoms with Crippen LogP contribution in [0.25, 0.3) is 0 Å². The second kappa shape index (κ2) is 12.4. The summed E-state index contributed by atoms with van der Waals surface area (Å²) in [5.74, 6) is -0.911. The van der Waals surface area contributed by atoms with Crippen LogP contribution in [0, 0.1) is 11.8 Å². The third kappa shape index (κ3) is 7.93. The molecule has 2 aliphatic rings. The van der Waals surface area contributed by atoms with E-state index in [0.717, 1.165) is 12.1 Å². The number of carbonyl (C=O) groups excluding carboxylic acids is 1. The first-order valence-electron chi connectivity index (χ1n) is 12.3. The van der Waals surface area contributed by atoms with Crippen LogP contribution in [-0.4, -0.2) is 64.5 Å². The fraction of sp³-hybridized carbons (Fsp3) is 0.654. The highest BCUT2D eigenvalue weighted by Gasteiger charge is 2.57. The molecule has 1 saturated carbocycles. The van der Waals surface area contributed by atoms with Crippen LogP contribution in [0.15, 0.2) is 36.4 Å². The molecule has 1 saturated heterocycles. The van der Waals surface area contributed by atoms with E-state index in [1.54, 1.807) is 13.8 Å². The molecule has 0 aromatic heterocycles. The lowest BCUT2D eigenvalue weighted by atomic mass is 9.86. The molecule has 1 unspecified atom stereocenters. The molecule has 1 aliphatic heterocycles. The number of ether oxygens (including phenoxy) is 3. The van der Waals surface area contributed by atoms with Gasteiger partial charge in [0.05, 0.1) is 30.0 Å². The Kier molecular flexibility index (Phi) is 9.79. The van der Waals surface area contributed by atoms with Gasteiger partial charge in [0.25, 0.3) is 0 Å². The van der Waals surface area contributed by atoms with Crippen LogP contribution in [0.2, 0.25) is 0 Å². The number of halogens is 3. The van der Waals surface area contributed by atoms with Crippen LogP contribution in [0.1, 0.15) is 51.5 Å². The Labute approximate surface area is 208 Å². The Hall–Kier alpha value is -2.14. The third-order valence-electron chi connectivity index (χ3n) is 6.51. The largest absolute Gasteiger partial charge is 0.491 e. The van der Waals surface area contributed by atoms with Gasteiger partial charge in [0.1, 0.15) is 24.6 Å². The van der Waals surface area contributed by atoms with Crippen molar-refractivity contribution in [2.75, 3.05) is 6.61 Å². The number of rotatable bonds is 12. The minimum absolute atomic E-state index is 0.0159. The highest BCUT2D eigenvalue weighted by molar-refractivity contribution is 5.69. The molecule has 3 N–H and O–H groups in total. The number of alkyl halides is 3. The number of hydrogen-bond acceptors (Lipinski definition) is 7. The number of unbranched alkanes of at least 4 members (excludes halogenated alkanes) is 1. The summed E-state index contributed by atoms with van der Waals surface area (Å²) < 4.78 is 54.7. The first-order valence-corrected chi connectivity index (χ1v) is 12.3. The van der Waals surface area contributed by atoms with E-state index in [1.165, 1.54) is 12.1 Å². The van der Waals surface area contributed by atoms with Crippen molar-refractivity contribution in [1.82, 2.24) is 0 Å². The zero-order valence-electron chi connectivity index (χ0n) is 20.4. The Morgan fingerprint density at radius 3 is 2.67 bits per heavy atom. The number of benzene rings is 1. The highest BCUT2D eigenvalue weighted by Crippen LogP contribution is 2.46. The van der Waals surface area contributed by atoms with Gasteiger partial charge in [-0.15, -0.1) is 0 Å². The smallest absolute Gasteiger partial charge is 0.416 e. The molecule has 2 fully saturated rings. The van der Waals surface area contributed by atoms with Crippen molar-refractivity contribution in [3.63, 3.8) is 0 Å². The predicted molar refractivity (Wildman–Crippen MR) is 124 cm³/mol. The van der Waals surface area contributed by atoms with Gasteiger partial charge in [0.15, 0.2) is 0 Å². The molecule has 36 heavy (non-hydrogen) atoms. The van der Waals surface area contributed by atoms with Gasteiger partial charge < -0.3 is 29.5 Å². The van der Waals surface area contributed by atoms with Gasteiger partial charge in [-0.1, -0.05) is 18.2 Å². The van der Waals surface area contributed by atoms with E-state index in [0.29, 0.717) is 25.7 Å². The van der Waals surface area contributed by atoms with Gasteiger partial charge >= 0.3 is 12.1 Å². The van der Waals surface area contributed by atoms with Gasteiger partial charge in [0, 0.05) is 12.3 Å². The van der Waals surface area contributed by atoms with Crippen LogP contribution < -0.4 is 4.74 Å². The second-order valence-electron chi connectivity index (χ2n) is 9.72. The monoisotopic (exact) mass is 516 g/mol. The summed E-state index contributed by atoms with van der Waals surface area (Å²) in [6, 6.07) is 4.41. The molecule has 7 atom stereocenters. The van der Waals surface area contributed by atoms with Gasteiger partial charge in [-0.3, -0.25) is 4.79 Å². The van der Waals surface area contributed by atoms with Crippen LogP contribution in [0.4, 0.5) is 13.2 Å². The summed E-state index contributed by atoms with van der Waals surface area (Å²) in [5.41, 5.74) is -0.843. The van der Waals surface area contributed by atoms with E-state index < -0.39 is 42.3 Å². The first kappa shape index (κ1) is 28.4. The van der Waals surface area contributed by atoms with Crippen LogP contribution in [0.3, 0.4) is 0 Å². The summed E-state index contributed by atoms with van der Waals surface area (Å²) in [7, 11) is 0. The van der Waals surface area contributed by atoms with Crippen molar-refractivity contribution < 1.29 is 47.5 Å². The summed E-state index contributed by atoms with van der Waals surface area (Å²) in [6.07, 6.45) is -2.18. The van der Waals surface area contributed by atoms with Crippen molar-refractivity contribution in [2.24, 2.45) is 11.8 Å². The normalized spacial score (nSPS) is 29.0. The lowest BCUT2D eigenvalue weighted by Crippen LogP contribution is -2.32. The Balaban J connectivity index is 1.46. The minimum atomic E-state index is -4.49. The quantitative estimate of drug-likeness (QED) is 0.168. The van der Waals surface area contributed by atoms with E-state index in [-0.39, 0.29) is 42.7 Å². The number of epoxide rings is 1. The molecule has 0 bridgehead atoms. The standard InChI is InChI=1S/C26H35F3O7/c1-15(2)35-22(33)11-6-4-3-5-10-18-19(30)13-20(31)23(18)25-24(36-25)21(32)14-34-17-9-7-8-16(12-17)26(27,28)29/h3,5,7-9,12,15,18-21,23-25,30-32H,4,6,10-11,13-14H2,1-2H3/t18-,19-,20+,21-,23+,24?,25+/m0/s1. The maximum absolute atomic E-state index is 12.9. The van der Waals surface area contributed by atoms with E-state index >= 15 is 0 Å². The summed E-state index contributed by atoms with van der Waals surface area (Å²) >= 11 is 0. The maximum atomic E-state index is 12.9. The fourth-order valence-corrected chi connectivity index (χ4v) is 4.75. The van der Waals surface area contributed by atoms with E-state index in [1.807, 2.05) is 12.2 Å². The fourth-order valence-electron chi connectivity index (χ4n) is 4.75. The molecule has 0 amide bonds. The van der Waals surface area contributed by atoms with Crippen LogP contribution in [-0.2, 0) is 20.4 Å². The molecule has 202 valence electrons. The minimum Gasteiger partial charge on any atom is -0.491 e. The van der Waals surface area contributed by atoms with E-state index in [4.69, 9.17) is 14.2 Å². The number of allylic oxidation sites excluding steroid dienone is 2. The molecule has 1 aliphatic carbocycles. The number of aliphatic hydroxyl groups excluding tert-OH is 3. The average Bonchev–Trinajstić information content (AvgIpc) is 3.52. The Bertz CT molecular complexity index is 889. The molecule has 0 spiro atoms. The van der Waals surface area contributed by atoms with Crippen molar-refractivity contribution in [3.8, 4) is 5.75 Å². The van der Waals surface area contributed by atoms with Crippen LogP contribution in [0.5, 0.6) is 5.75 Å². The number of carbonyl (C=O) groups is 1. The van der Waals surface area contributed by atoms with Crippen molar-refractivity contribution in [3.05, 3.63) is 42.0 Å². The molecule has 10 heteroatoms. The molecule has 0 radical (unpaired) electrons. The lowest BCUT2D eigenvalue weighted by molar-refractivity contribution is -0.147. The molecule has 1 aromatic carbocycles. The van der Waals surface area contributed by atoms with Crippen LogP contribution >= 0.6 is 0 Å². The lowest BCUT2D eigenvalue weighted by Gasteiger charge is -2.21. The maximum Gasteiger partial charge on any atom is 0.416 e. The first-order chi connectivity index (χ1) is 17.0. The Morgan fingerprint density at radius 1 is 1.22 bits per heavy atom.